The molecular formula is C7H12ClF3N2O3S. The molecule has 1 N–H and O–H groups in total. The van der Waals surface area contributed by atoms with Crippen molar-refractivity contribution in [3.63, 3.8) is 0 Å². The Morgan fingerprint density at radius 2 is 1.94 bits per heavy atom. The number of halogens is 4. The van der Waals surface area contributed by atoms with E-state index in [4.69, 9.17) is 11.6 Å². The molecule has 102 valence electrons. The zero-order valence-electron chi connectivity index (χ0n) is 8.92. The Morgan fingerprint density at radius 3 is 2.35 bits per heavy atom. The summed E-state index contributed by atoms with van der Waals surface area (Å²) in [4.78, 5) is 11.0. The third-order valence-corrected chi connectivity index (χ3v) is 3.87. The lowest BCUT2D eigenvalue weighted by atomic mass is 10.5. The van der Waals surface area contributed by atoms with E-state index in [1.165, 1.54) is 0 Å². The van der Waals surface area contributed by atoms with Gasteiger partial charge >= 0.3 is 6.18 Å². The maximum atomic E-state index is 11.7. The standard InChI is InChI=1S/C7H12ClF3N2O3S/c1-13(17(15,16)3-2-8)4-6(14)12-5-7(9,10)11/h2-5H2,1H3,(H,12,14). The van der Waals surface area contributed by atoms with Crippen LogP contribution in [0.25, 0.3) is 0 Å². The zero-order valence-corrected chi connectivity index (χ0v) is 10.5. The van der Waals surface area contributed by atoms with Crippen LogP contribution in [0.3, 0.4) is 0 Å². The predicted molar refractivity (Wildman–Crippen MR) is 56.2 cm³/mol. The average Bonchev–Trinajstić information content (AvgIpc) is 2.13. The molecule has 0 radical (unpaired) electrons. The van der Waals surface area contributed by atoms with E-state index in [-0.39, 0.29) is 11.6 Å². The first-order valence-corrected chi connectivity index (χ1v) is 6.56. The molecule has 0 fully saturated rings. The largest absolute Gasteiger partial charge is 0.405 e. The van der Waals surface area contributed by atoms with Gasteiger partial charge in [-0.2, -0.15) is 17.5 Å². The molecule has 0 unspecified atom stereocenters. The van der Waals surface area contributed by atoms with Crippen molar-refractivity contribution < 1.29 is 26.4 Å². The van der Waals surface area contributed by atoms with Crippen molar-refractivity contribution in [1.82, 2.24) is 9.62 Å². The summed E-state index contributed by atoms with van der Waals surface area (Å²) >= 11 is 5.23. The lowest BCUT2D eigenvalue weighted by Gasteiger charge is -2.16. The minimum absolute atomic E-state index is 0.156. The number of rotatable bonds is 6. The molecule has 0 saturated heterocycles. The molecular weight excluding hydrogens is 285 g/mol. The maximum Gasteiger partial charge on any atom is 0.405 e. The number of carbonyl (C=O) groups excluding carboxylic acids is 1. The van der Waals surface area contributed by atoms with Gasteiger partial charge in [0, 0.05) is 12.9 Å². The Kier molecular flexibility index (Phi) is 6.20. The van der Waals surface area contributed by atoms with Gasteiger partial charge in [-0.15, -0.1) is 11.6 Å². The highest BCUT2D eigenvalue weighted by Crippen LogP contribution is 2.12. The van der Waals surface area contributed by atoms with E-state index in [1.807, 2.05) is 0 Å². The third kappa shape index (κ3) is 7.40. The molecule has 0 aliphatic rings. The highest BCUT2D eigenvalue weighted by atomic mass is 35.5. The first-order chi connectivity index (χ1) is 7.58. The van der Waals surface area contributed by atoms with Crippen molar-refractivity contribution in [3.05, 3.63) is 0 Å². The second-order valence-electron chi connectivity index (χ2n) is 3.15. The van der Waals surface area contributed by atoms with E-state index in [9.17, 15) is 26.4 Å². The monoisotopic (exact) mass is 296 g/mol. The van der Waals surface area contributed by atoms with Gasteiger partial charge in [0.1, 0.15) is 6.54 Å². The third-order valence-electron chi connectivity index (χ3n) is 1.66. The fourth-order valence-electron chi connectivity index (χ4n) is 0.809. The van der Waals surface area contributed by atoms with Gasteiger partial charge in [-0.05, 0) is 0 Å². The second-order valence-corrected chi connectivity index (χ2v) is 5.73. The Balaban J connectivity index is 4.22. The number of likely N-dealkylation sites (N-methyl/N-ethyl adjacent to an activating group) is 1. The summed E-state index contributed by atoms with van der Waals surface area (Å²) in [5, 5.41) is 1.56. The van der Waals surface area contributed by atoms with Crippen LogP contribution in [-0.2, 0) is 14.8 Å². The number of nitrogens with one attached hydrogen (secondary N) is 1. The summed E-state index contributed by atoms with van der Waals surface area (Å²) in [6, 6.07) is 0. The summed E-state index contributed by atoms with van der Waals surface area (Å²) in [5.74, 6) is -1.56. The van der Waals surface area contributed by atoms with E-state index >= 15 is 0 Å². The molecule has 0 aromatic heterocycles. The van der Waals surface area contributed by atoms with Crippen LogP contribution in [0.15, 0.2) is 0 Å². The number of sulfonamides is 1. The summed E-state index contributed by atoms with van der Waals surface area (Å²) in [5.41, 5.74) is 0. The summed E-state index contributed by atoms with van der Waals surface area (Å²) in [7, 11) is -2.61. The van der Waals surface area contributed by atoms with E-state index in [2.05, 4.69) is 0 Å². The Morgan fingerprint density at radius 1 is 1.41 bits per heavy atom. The van der Waals surface area contributed by atoms with Gasteiger partial charge in [-0.25, -0.2) is 8.42 Å². The van der Waals surface area contributed by atoms with Gasteiger partial charge in [-0.1, -0.05) is 0 Å². The molecule has 0 aromatic rings. The zero-order chi connectivity index (χ0) is 13.7. The van der Waals surface area contributed by atoms with Crippen molar-refractivity contribution in [2.75, 3.05) is 31.8 Å². The van der Waals surface area contributed by atoms with E-state index in [1.54, 1.807) is 5.32 Å². The Bertz CT molecular complexity index is 358. The van der Waals surface area contributed by atoms with Crippen molar-refractivity contribution in [2.24, 2.45) is 0 Å². The van der Waals surface area contributed by atoms with Crippen LogP contribution in [0.2, 0.25) is 0 Å². The van der Waals surface area contributed by atoms with Crippen LogP contribution in [-0.4, -0.2) is 56.6 Å². The number of carbonyl (C=O) groups is 1. The number of alkyl halides is 4. The lowest BCUT2D eigenvalue weighted by Crippen LogP contribution is -2.42. The van der Waals surface area contributed by atoms with E-state index in [0.717, 1.165) is 7.05 Å². The van der Waals surface area contributed by atoms with Crippen LogP contribution < -0.4 is 5.32 Å². The quantitative estimate of drug-likeness (QED) is 0.710. The lowest BCUT2D eigenvalue weighted by molar-refractivity contribution is -0.138. The summed E-state index contributed by atoms with van der Waals surface area (Å²) < 4.78 is 58.5. The van der Waals surface area contributed by atoms with Gasteiger partial charge in [0.2, 0.25) is 15.9 Å². The smallest absolute Gasteiger partial charge is 0.346 e. The highest BCUT2D eigenvalue weighted by molar-refractivity contribution is 7.89. The molecule has 0 spiro atoms. The van der Waals surface area contributed by atoms with Crippen molar-refractivity contribution in [2.45, 2.75) is 6.18 Å². The average molecular weight is 297 g/mol. The van der Waals surface area contributed by atoms with Crippen molar-refractivity contribution in [1.29, 1.82) is 0 Å². The molecule has 0 heterocycles. The second kappa shape index (κ2) is 6.41. The SMILES string of the molecule is CN(CC(=O)NCC(F)(F)F)S(=O)(=O)CCCl. The Hall–Kier alpha value is -0.540. The molecule has 0 saturated carbocycles. The van der Waals surface area contributed by atoms with Gasteiger partial charge in [0.25, 0.3) is 0 Å². The fraction of sp³-hybridized carbons (Fsp3) is 0.857. The van der Waals surface area contributed by atoms with E-state index < -0.39 is 35.2 Å². The first kappa shape index (κ1) is 16.5. The molecule has 0 aliphatic heterocycles. The summed E-state index contributed by atoms with van der Waals surface area (Å²) in [6.45, 7) is -2.16. The van der Waals surface area contributed by atoms with Gasteiger partial charge < -0.3 is 5.32 Å². The Labute approximate surface area is 102 Å². The van der Waals surface area contributed by atoms with Crippen LogP contribution in [0.1, 0.15) is 0 Å². The number of hydrogen-bond donors (Lipinski definition) is 1. The van der Waals surface area contributed by atoms with Gasteiger partial charge in [0.05, 0.1) is 12.3 Å². The maximum absolute atomic E-state index is 11.7. The molecule has 0 rings (SSSR count). The highest BCUT2D eigenvalue weighted by Gasteiger charge is 2.28. The number of hydrogen-bond acceptors (Lipinski definition) is 3. The molecule has 5 nitrogen and oxygen atoms in total. The molecule has 10 heteroatoms. The normalized spacial score (nSPS) is 12.8. The van der Waals surface area contributed by atoms with E-state index in [0.29, 0.717) is 4.31 Å². The minimum Gasteiger partial charge on any atom is -0.346 e. The topological polar surface area (TPSA) is 66.5 Å². The molecule has 1 amide bonds. The van der Waals surface area contributed by atoms with Crippen LogP contribution in [0.4, 0.5) is 13.2 Å². The van der Waals surface area contributed by atoms with Crippen LogP contribution in [0.5, 0.6) is 0 Å². The molecule has 0 bridgehead atoms. The number of nitrogens with zero attached hydrogens (tertiary/aromatic N) is 1. The van der Waals surface area contributed by atoms with Crippen molar-refractivity contribution in [3.8, 4) is 0 Å². The minimum atomic E-state index is -4.52. The van der Waals surface area contributed by atoms with Gasteiger partial charge in [-0.3, -0.25) is 4.79 Å². The predicted octanol–water partition coefficient (Wildman–Crippen LogP) is 0.165. The van der Waals surface area contributed by atoms with Crippen LogP contribution >= 0.6 is 11.6 Å². The summed E-state index contributed by atoms with van der Waals surface area (Å²) in [6.07, 6.45) is -4.52. The molecule has 0 atom stereocenters. The first-order valence-electron chi connectivity index (χ1n) is 4.42. The van der Waals surface area contributed by atoms with Gasteiger partial charge in [0.15, 0.2) is 0 Å². The molecule has 17 heavy (non-hydrogen) atoms. The fourth-order valence-corrected chi connectivity index (χ4v) is 2.21. The molecule has 0 aromatic carbocycles. The number of amides is 1. The van der Waals surface area contributed by atoms with Crippen molar-refractivity contribution >= 4 is 27.5 Å². The van der Waals surface area contributed by atoms with Crippen LogP contribution in [0, 0.1) is 0 Å². The molecule has 0 aliphatic carbocycles.